The molecular formula is C20H28N3O5+. The lowest BCUT2D eigenvalue weighted by Gasteiger charge is -2.29. The highest BCUT2D eigenvalue weighted by molar-refractivity contribution is 6.52. The molecule has 0 aromatic heterocycles. The number of nitrogens with zero attached hydrogens (tertiary/aromatic N) is 2. The molecule has 1 aromatic carbocycles. The summed E-state index contributed by atoms with van der Waals surface area (Å²) >= 11 is 0. The lowest BCUT2D eigenvalue weighted by Crippen LogP contribution is -3.14. The van der Waals surface area contributed by atoms with Crippen LogP contribution in [0.15, 0.2) is 18.2 Å². The van der Waals surface area contributed by atoms with Gasteiger partial charge in [-0.1, -0.05) is 6.92 Å². The van der Waals surface area contributed by atoms with Crippen molar-refractivity contribution in [3.63, 3.8) is 0 Å². The first kappa shape index (κ1) is 20.1. The Morgan fingerprint density at radius 2 is 1.64 bits per heavy atom. The van der Waals surface area contributed by atoms with Gasteiger partial charge in [-0.25, -0.2) is 14.6 Å². The minimum absolute atomic E-state index is 0.224. The van der Waals surface area contributed by atoms with Gasteiger partial charge in [-0.15, -0.1) is 0 Å². The fraction of sp³-hybridized carbons (Fsp3) is 0.550. The van der Waals surface area contributed by atoms with E-state index in [1.54, 1.807) is 18.2 Å². The van der Waals surface area contributed by atoms with Crippen LogP contribution in [0.1, 0.15) is 33.6 Å². The van der Waals surface area contributed by atoms with Gasteiger partial charge in [-0.05, 0) is 44.7 Å². The number of carbonyl (C=O) groups is 3. The number of imide groups is 2. The number of ether oxygens (including phenoxy) is 2. The van der Waals surface area contributed by atoms with Crippen molar-refractivity contribution < 1.29 is 28.8 Å². The molecular weight excluding hydrogens is 362 g/mol. The third-order valence-corrected chi connectivity index (χ3v) is 5.20. The molecule has 2 aliphatic rings. The van der Waals surface area contributed by atoms with Crippen LogP contribution in [0.4, 0.5) is 10.5 Å². The number of rotatable bonds is 7. The Balaban J connectivity index is 1.80. The summed E-state index contributed by atoms with van der Waals surface area (Å²) in [6, 6.07) is 4.20. The molecule has 0 unspecified atom stereocenters. The maximum atomic E-state index is 12.9. The first-order chi connectivity index (χ1) is 13.5. The Kier molecular flexibility index (Phi) is 6.18. The molecule has 2 fully saturated rings. The van der Waals surface area contributed by atoms with Crippen molar-refractivity contribution in [1.82, 2.24) is 4.90 Å². The quantitative estimate of drug-likeness (QED) is 0.556. The molecule has 1 aromatic rings. The smallest absolute Gasteiger partial charge is 0.343 e. The Morgan fingerprint density at radius 1 is 1.00 bits per heavy atom. The molecule has 0 atom stereocenters. The van der Waals surface area contributed by atoms with E-state index < -0.39 is 17.8 Å². The molecule has 0 bridgehead atoms. The van der Waals surface area contributed by atoms with E-state index in [1.165, 1.54) is 0 Å². The SMILES string of the molecule is CCOc1ccc(N2C(=O)C(=O)N(C[NH+]3CCC(C)CC3)C2=O)cc1OCC. The normalized spacial score (nSPS) is 22.8. The molecule has 8 heteroatoms. The second kappa shape index (κ2) is 8.60. The van der Waals surface area contributed by atoms with E-state index in [0.717, 1.165) is 40.6 Å². The van der Waals surface area contributed by atoms with Crippen LogP contribution in [0.5, 0.6) is 11.5 Å². The average molecular weight is 390 g/mol. The molecule has 0 spiro atoms. The monoisotopic (exact) mass is 390 g/mol. The number of anilines is 1. The van der Waals surface area contributed by atoms with Gasteiger partial charge in [0.1, 0.15) is 0 Å². The van der Waals surface area contributed by atoms with E-state index >= 15 is 0 Å². The highest BCUT2D eigenvalue weighted by atomic mass is 16.5. The standard InChI is InChI=1S/C20H27N3O5/c1-4-27-16-7-6-15(12-17(16)28-5-2)23-19(25)18(24)22(20(23)26)13-21-10-8-14(3)9-11-21/h6-7,12,14H,4-5,8-11,13H2,1-3H3/p+1. The topological polar surface area (TPSA) is 80.6 Å². The van der Waals surface area contributed by atoms with Crippen molar-refractivity contribution in [2.75, 3.05) is 37.9 Å². The first-order valence-corrected chi connectivity index (χ1v) is 9.89. The summed E-state index contributed by atoms with van der Waals surface area (Å²) in [6.07, 6.45) is 2.11. The van der Waals surface area contributed by atoms with E-state index in [-0.39, 0.29) is 6.67 Å². The van der Waals surface area contributed by atoms with Crippen LogP contribution in [0.3, 0.4) is 0 Å². The van der Waals surface area contributed by atoms with E-state index in [2.05, 4.69) is 6.92 Å². The molecule has 0 aliphatic carbocycles. The molecule has 2 saturated heterocycles. The van der Waals surface area contributed by atoms with Crippen LogP contribution in [0.25, 0.3) is 0 Å². The number of likely N-dealkylation sites (tertiary alicyclic amines) is 1. The molecule has 3 rings (SSSR count). The third-order valence-electron chi connectivity index (χ3n) is 5.20. The fourth-order valence-electron chi connectivity index (χ4n) is 3.60. The minimum Gasteiger partial charge on any atom is -0.490 e. The summed E-state index contributed by atoms with van der Waals surface area (Å²) < 4.78 is 11.1. The van der Waals surface area contributed by atoms with Crippen molar-refractivity contribution in [1.29, 1.82) is 0 Å². The zero-order chi connectivity index (χ0) is 20.3. The summed E-state index contributed by atoms with van der Waals surface area (Å²) in [4.78, 5) is 41.0. The summed E-state index contributed by atoms with van der Waals surface area (Å²) in [7, 11) is 0. The van der Waals surface area contributed by atoms with Crippen LogP contribution in [0, 0.1) is 5.92 Å². The number of urea groups is 1. The molecule has 8 nitrogen and oxygen atoms in total. The van der Waals surface area contributed by atoms with E-state index in [0.29, 0.717) is 36.3 Å². The summed E-state index contributed by atoms with van der Waals surface area (Å²) in [5, 5.41) is 0. The predicted octanol–water partition coefficient (Wildman–Crippen LogP) is 1.05. The number of amides is 4. The van der Waals surface area contributed by atoms with Gasteiger partial charge in [-0.3, -0.25) is 9.59 Å². The first-order valence-electron chi connectivity index (χ1n) is 9.89. The number of hydrogen-bond donors (Lipinski definition) is 1. The lowest BCUT2D eigenvalue weighted by atomic mass is 10.00. The highest BCUT2D eigenvalue weighted by Gasteiger charge is 2.47. The molecule has 4 amide bonds. The minimum atomic E-state index is -0.832. The zero-order valence-electron chi connectivity index (χ0n) is 16.7. The van der Waals surface area contributed by atoms with Crippen molar-refractivity contribution >= 4 is 23.5 Å². The molecule has 0 saturated carbocycles. The van der Waals surface area contributed by atoms with E-state index in [9.17, 15) is 14.4 Å². The lowest BCUT2D eigenvalue weighted by molar-refractivity contribution is -0.913. The van der Waals surface area contributed by atoms with Crippen LogP contribution in [-0.2, 0) is 9.59 Å². The number of carbonyl (C=O) groups excluding carboxylic acids is 3. The Labute approximate surface area is 165 Å². The van der Waals surface area contributed by atoms with E-state index in [4.69, 9.17) is 9.47 Å². The van der Waals surface area contributed by atoms with Crippen LogP contribution in [0.2, 0.25) is 0 Å². The predicted molar refractivity (Wildman–Crippen MR) is 102 cm³/mol. The molecule has 2 aliphatic heterocycles. The number of benzene rings is 1. The molecule has 0 radical (unpaired) electrons. The van der Waals surface area contributed by atoms with Crippen molar-refractivity contribution in [3.8, 4) is 11.5 Å². The number of quaternary nitrogens is 1. The largest absolute Gasteiger partial charge is 0.490 e. The summed E-state index contributed by atoms with van der Waals surface area (Å²) in [5.41, 5.74) is 0.306. The van der Waals surface area contributed by atoms with Gasteiger partial charge in [0, 0.05) is 6.07 Å². The maximum absolute atomic E-state index is 12.9. The second-order valence-electron chi connectivity index (χ2n) is 7.24. The second-order valence-corrected chi connectivity index (χ2v) is 7.24. The maximum Gasteiger partial charge on any atom is 0.343 e. The van der Waals surface area contributed by atoms with Crippen LogP contribution in [-0.4, -0.2) is 55.7 Å². The fourth-order valence-corrected chi connectivity index (χ4v) is 3.60. The van der Waals surface area contributed by atoms with Gasteiger partial charge in [0.25, 0.3) is 0 Å². The van der Waals surface area contributed by atoms with Crippen molar-refractivity contribution in [2.24, 2.45) is 5.92 Å². The third kappa shape index (κ3) is 3.96. The van der Waals surface area contributed by atoms with Gasteiger partial charge < -0.3 is 14.4 Å². The van der Waals surface area contributed by atoms with Gasteiger partial charge in [-0.2, -0.15) is 0 Å². The van der Waals surface area contributed by atoms with Gasteiger partial charge in [0.2, 0.25) is 0 Å². The Bertz CT molecular complexity index is 758. The Hall–Kier alpha value is -2.61. The molecule has 1 N–H and O–H groups in total. The van der Waals surface area contributed by atoms with Gasteiger partial charge >= 0.3 is 17.8 Å². The number of hydrogen-bond acceptors (Lipinski definition) is 5. The van der Waals surface area contributed by atoms with Crippen LogP contribution >= 0.6 is 0 Å². The summed E-state index contributed by atoms with van der Waals surface area (Å²) in [6.45, 7) is 8.78. The van der Waals surface area contributed by atoms with Gasteiger partial charge in [0.15, 0.2) is 18.2 Å². The number of piperidine rings is 1. The summed E-state index contributed by atoms with van der Waals surface area (Å²) in [5.74, 6) is 0.0169. The highest BCUT2D eigenvalue weighted by Crippen LogP contribution is 2.33. The average Bonchev–Trinajstić information content (AvgIpc) is 2.89. The molecule has 152 valence electrons. The van der Waals surface area contributed by atoms with Crippen LogP contribution < -0.4 is 19.3 Å². The Morgan fingerprint density at radius 3 is 2.29 bits per heavy atom. The number of nitrogens with one attached hydrogen (secondary N) is 1. The molecule has 2 heterocycles. The van der Waals surface area contributed by atoms with E-state index in [1.807, 2.05) is 13.8 Å². The molecule has 28 heavy (non-hydrogen) atoms. The zero-order valence-corrected chi connectivity index (χ0v) is 16.7. The van der Waals surface area contributed by atoms with Crippen molar-refractivity contribution in [2.45, 2.75) is 33.6 Å². The van der Waals surface area contributed by atoms with Crippen molar-refractivity contribution in [3.05, 3.63) is 18.2 Å². The van der Waals surface area contributed by atoms with Gasteiger partial charge in [0.05, 0.1) is 32.0 Å².